The Bertz CT molecular complexity index is 491. The van der Waals surface area contributed by atoms with E-state index in [9.17, 15) is 4.79 Å². The third-order valence-corrected chi connectivity index (χ3v) is 3.38. The Hall–Kier alpha value is -1.68. The largest absolute Gasteiger partial charge is 0.494 e. The molecule has 1 aromatic heterocycles. The molecule has 0 fully saturated rings. The predicted octanol–water partition coefficient (Wildman–Crippen LogP) is 3.36. The normalized spacial score (nSPS) is 10.3. The van der Waals surface area contributed by atoms with Gasteiger partial charge in [0.05, 0.1) is 11.6 Å². The molecule has 4 heteroatoms. The standard InChI is InChI=1S/C14H15NO2S/c1-2-17-12-5-3-11(4-6-12)13(16)7-8-14-15-9-10-18-14/h3-6,9-10H,2,7-8H2,1H3. The first-order valence-corrected chi connectivity index (χ1v) is 6.82. The molecule has 0 amide bonds. The lowest BCUT2D eigenvalue weighted by Crippen LogP contribution is -2.01. The van der Waals surface area contributed by atoms with Gasteiger partial charge in [0.15, 0.2) is 5.78 Å². The van der Waals surface area contributed by atoms with E-state index in [1.54, 1.807) is 17.5 Å². The second kappa shape index (κ2) is 6.31. The smallest absolute Gasteiger partial charge is 0.163 e. The van der Waals surface area contributed by atoms with Crippen molar-refractivity contribution >= 4 is 17.1 Å². The molecule has 1 heterocycles. The summed E-state index contributed by atoms with van der Waals surface area (Å²) in [4.78, 5) is 16.1. The van der Waals surface area contributed by atoms with Gasteiger partial charge in [-0.2, -0.15) is 0 Å². The highest BCUT2D eigenvalue weighted by Gasteiger charge is 2.07. The number of ketones is 1. The van der Waals surface area contributed by atoms with Crippen molar-refractivity contribution < 1.29 is 9.53 Å². The maximum atomic E-state index is 11.9. The molecule has 0 saturated carbocycles. The molecule has 0 aliphatic carbocycles. The van der Waals surface area contributed by atoms with E-state index in [1.807, 2.05) is 36.6 Å². The fourth-order valence-electron chi connectivity index (χ4n) is 1.64. The third-order valence-electron chi connectivity index (χ3n) is 2.54. The summed E-state index contributed by atoms with van der Waals surface area (Å²) in [6, 6.07) is 7.30. The number of hydrogen-bond donors (Lipinski definition) is 0. The summed E-state index contributed by atoms with van der Waals surface area (Å²) in [6.45, 7) is 2.57. The van der Waals surface area contributed by atoms with Crippen LogP contribution in [0.3, 0.4) is 0 Å². The Balaban J connectivity index is 1.92. The number of aromatic nitrogens is 1. The van der Waals surface area contributed by atoms with Gasteiger partial charge in [0.25, 0.3) is 0 Å². The summed E-state index contributed by atoms with van der Waals surface area (Å²) in [5, 5.41) is 2.94. The van der Waals surface area contributed by atoms with E-state index in [2.05, 4.69) is 4.98 Å². The second-order valence-electron chi connectivity index (χ2n) is 3.81. The monoisotopic (exact) mass is 261 g/mol. The van der Waals surface area contributed by atoms with Gasteiger partial charge >= 0.3 is 0 Å². The van der Waals surface area contributed by atoms with Gasteiger partial charge in [0.1, 0.15) is 5.75 Å². The minimum atomic E-state index is 0.147. The lowest BCUT2D eigenvalue weighted by Gasteiger charge is -2.04. The highest BCUT2D eigenvalue weighted by Crippen LogP contribution is 2.15. The molecule has 0 aliphatic rings. The summed E-state index contributed by atoms with van der Waals surface area (Å²) in [5.74, 6) is 0.947. The van der Waals surface area contributed by atoms with Gasteiger partial charge in [-0.25, -0.2) is 4.98 Å². The average Bonchev–Trinajstić information content (AvgIpc) is 2.90. The molecule has 0 spiro atoms. The molecule has 3 nitrogen and oxygen atoms in total. The molecule has 2 rings (SSSR count). The Morgan fingerprint density at radius 3 is 2.72 bits per heavy atom. The van der Waals surface area contributed by atoms with Gasteiger partial charge in [-0.3, -0.25) is 4.79 Å². The number of carbonyl (C=O) groups excluding carboxylic acids is 1. The first-order chi connectivity index (χ1) is 8.79. The van der Waals surface area contributed by atoms with Crippen LogP contribution in [0.2, 0.25) is 0 Å². The summed E-state index contributed by atoms with van der Waals surface area (Å²) >= 11 is 1.59. The molecule has 2 aromatic rings. The maximum Gasteiger partial charge on any atom is 0.163 e. The van der Waals surface area contributed by atoms with Gasteiger partial charge in [0.2, 0.25) is 0 Å². The van der Waals surface area contributed by atoms with Gasteiger partial charge in [-0.05, 0) is 31.2 Å². The molecule has 0 radical (unpaired) electrons. The Morgan fingerprint density at radius 2 is 2.11 bits per heavy atom. The Kier molecular flexibility index (Phi) is 4.47. The SMILES string of the molecule is CCOc1ccc(C(=O)CCc2nccs2)cc1. The van der Waals surface area contributed by atoms with Crippen LogP contribution in [0.4, 0.5) is 0 Å². The molecule has 0 N–H and O–H groups in total. The van der Waals surface area contributed by atoms with Crippen LogP contribution in [0.25, 0.3) is 0 Å². The topological polar surface area (TPSA) is 39.2 Å². The fourth-order valence-corrected chi connectivity index (χ4v) is 2.27. The number of rotatable bonds is 6. The summed E-state index contributed by atoms with van der Waals surface area (Å²) in [6.07, 6.45) is 2.98. The lowest BCUT2D eigenvalue weighted by molar-refractivity contribution is 0.0983. The number of nitrogens with zero attached hydrogens (tertiary/aromatic N) is 1. The van der Waals surface area contributed by atoms with Gasteiger partial charge in [0, 0.05) is 30.0 Å². The van der Waals surface area contributed by atoms with E-state index >= 15 is 0 Å². The molecular formula is C14H15NO2S. The van der Waals surface area contributed by atoms with Crippen LogP contribution in [-0.4, -0.2) is 17.4 Å². The van der Waals surface area contributed by atoms with E-state index in [4.69, 9.17) is 4.74 Å². The van der Waals surface area contributed by atoms with Gasteiger partial charge in [-0.15, -0.1) is 11.3 Å². The highest BCUT2D eigenvalue weighted by molar-refractivity contribution is 7.09. The van der Waals surface area contributed by atoms with Crippen LogP contribution in [-0.2, 0) is 6.42 Å². The lowest BCUT2D eigenvalue weighted by atomic mass is 10.1. The van der Waals surface area contributed by atoms with E-state index in [1.165, 1.54) is 0 Å². The molecular weight excluding hydrogens is 246 g/mol. The van der Waals surface area contributed by atoms with Crippen molar-refractivity contribution in [2.24, 2.45) is 0 Å². The fraction of sp³-hybridized carbons (Fsp3) is 0.286. The summed E-state index contributed by atoms with van der Waals surface area (Å²) < 4.78 is 5.34. The molecule has 0 atom stereocenters. The minimum absolute atomic E-state index is 0.147. The molecule has 18 heavy (non-hydrogen) atoms. The number of carbonyl (C=O) groups is 1. The van der Waals surface area contributed by atoms with Crippen molar-refractivity contribution in [1.29, 1.82) is 0 Å². The van der Waals surface area contributed by atoms with Crippen molar-refractivity contribution in [1.82, 2.24) is 4.98 Å². The van der Waals surface area contributed by atoms with Crippen molar-refractivity contribution in [3.63, 3.8) is 0 Å². The molecule has 94 valence electrons. The molecule has 1 aromatic carbocycles. The second-order valence-corrected chi connectivity index (χ2v) is 4.79. The van der Waals surface area contributed by atoms with E-state index in [-0.39, 0.29) is 5.78 Å². The number of Topliss-reactive ketones (excluding diaryl/α,β-unsaturated/α-hetero) is 1. The maximum absolute atomic E-state index is 11.9. The zero-order chi connectivity index (χ0) is 12.8. The number of aryl methyl sites for hydroxylation is 1. The van der Waals surface area contributed by atoms with Crippen LogP contribution in [0, 0.1) is 0 Å². The molecule has 0 bridgehead atoms. The van der Waals surface area contributed by atoms with Crippen LogP contribution in [0.1, 0.15) is 28.7 Å². The van der Waals surface area contributed by atoms with Gasteiger partial charge in [-0.1, -0.05) is 0 Å². The van der Waals surface area contributed by atoms with Crippen LogP contribution in [0.15, 0.2) is 35.8 Å². The molecule has 0 saturated heterocycles. The minimum Gasteiger partial charge on any atom is -0.494 e. The first kappa shape index (κ1) is 12.8. The zero-order valence-electron chi connectivity index (χ0n) is 10.3. The van der Waals surface area contributed by atoms with Crippen LogP contribution < -0.4 is 4.74 Å². The first-order valence-electron chi connectivity index (χ1n) is 5.94. The van der Waals surface area contributed by atoms with Crippen molar-refractivity contribution in [3.8, 4) is 5.75 Å². The average molecular weight is 261 g/mol. The van der Waals surface area contributed by atoms with E-state index in [0.717, 1.165) is 16.3 Å². The van der Waals surface area contributed by atoms with Crippen molar-refractivity contribution in [2.75, 3.05) is 6.61 Å². The third kappa shape index (κ3) is 3.40. The summed E-state index contributed by atoms with van der Waals surface area (Å²) in [7, 11) is 0. The van der Waals surface area contributed by atoms with Crippen molar-refractivity contribution in [3.05, 3.63) is 46.4 Å². The van der Waals surface area contributed by atoms with E-state index in [0.29, 0.717) is 19.4 Å². The predicted molar refractivity (Wildman–Crippen MR) is 72.4 cm³/mol. The van der Waals surface area contributed by atoms with Gasteiger partial charge < -0.3 is 4.74 Å². The van der Waals surface area contributed by atoms with Crippen LogP contribution in [0.5, 0.6) is 5.75 Å². The zero-order valence-corrected chi connectivity index (χ0v) is 11.1. The number of hydrogen-bond acceptors (Lipinski definition) is 4. The number of ether oxygens (including phenoxy) is 1. The highest BCUT2D eigenvalue weighted by atomic mass is 32.1. The molecule has 0 aliphatic heterocycles. The number of benzene rings is 1. The Labute approximate surface area is 110 Å². The summed E-state index contributed by atoms with van der Waals surface area (Å²) in [5.41, 5.74) is 0.731. The van der Waals surface area contributed by atoms with Crippen molar-refractivity contribution in [2.45, 2.75) is 19.8 Å². The molecule has 0 unspecified atom stereocenters. The van der Waals surface area contributed by atoms with Crippen LogP contribution >= 0.6 is 11.3 Å². The quantitative estimate of drug-likeness (QED) is 0.748. The van der Waals surface area contributed by atoms with E-state index < -0.39 is 0 Å². The number of thiazole rings is 1. The Morgan fingerprint density at radius 1 is 1.33 bits per heavy atom.